The van der Waals surface area contributed by atoms with Crippen LogP contribution >= 0.6 is 27.5 Å². The van der Waals surface area contributed by atoms with Crippen LogP contribution in [0, 0.1) is 11.6 Å². The summed E-state index contributed by atoms with van der Waals surface area (Å²) in [6.07, 6.45) is 0. The molecule has 0 unspecified atom stereocenters. The largest absolute Gasteiger partial charge is 0.493 e. The molecule has 3 aromatic carbocycles. The molecule has 3 rings (SSSR count). The summed E-state index contributed by atoms with van der Waals surface area (Å²) in [5, 5.41) is 3.23. The van der Waals surface area contributed by atoms with E-state index in [1.165, 1.54) is 25.3 Å². The van der Waals surface area contributed by atoms with Crippen LogP contribution in [-0.2, 0) is 13.2 Å². The fourth-order valence-corrected chi connectivity index (χ4v) is 3.38. The molecule has 0 spiro atoms. The second-order valence-corrected chi connectivity index (χ2v) is 7.23. The lowest BCUT2D eigenvalue weighted by atomic mass is 10.2. The van der Waals surface area contributed by atoms with E-state index in [2.05, 4.69) is 21.2 Å². The molecule has 0 aromatic heterocycles. The zero-order valence-electron chi connectivity index (χ0n) is 14.9. The van der Waals surface area contributed by atoms with Crippen molar-refractivity contribution < 1.29 is 18.3 Å². The molecule has 0 heterocycles. The lowest BCUT2D eigenvalue weighted by molar-refractivity contribution is 0.277. The number of hydrogen-bond acceptors (Lipinski definition) is 3. The van der Waals surface area contributed by atoms with Gasteiger partial charge in [0.1, 0.15) is 18.2 Å². The summed E-state index contributed by atoms with van der Waals surface area (Å²) in [5.74, 6) is 0.211. The smallest absolute Gasteiger partial charge is 0.175 e. The number of ether oxygens (including phenoxy) is 2. The normalized spacial score (nSPS) is 10.6. The highest BCUT2D eigenvalue weighted by molar-refractivity contribution is 9.10. The number of methoxy groups -OCH3 is 1. The van der Waals surface area contributed by atoms with Gasteiger partial charge in [-0.25, -0.2) is 8.78 Å². The van der Waals surface area contributed by atoms with Gasteiger partial charge in [0.2, 0.25) is 0 Å². The Labute approximate surface area is 175 Å². The second-order valence-electron chi connectivity index (χ2n) is 5.97. The highest BCUT2D eigenvalue weighted by Gasteiger charge is 2.13. The first kappa shape index (κ1) is 20.4. The van der Waals surface area contributed by atoms with Gasteiger partial charge in [-0.1, -0.05) is 29.8 Å². The van der Waals surface area contributed by atoms with Gasteiger partial charge in [0.05, 0.1) is 16.6 Å². The minimum Gasteiger partial charge on any atom is -0.493 e. The topological polar surface area (TPSA) is 30.5 Å². The first-order chi connectivity index (χ1) is 13.5. The molecule has 0 aliphatic heterocycles. The summed E-state index contributed by atoms with van der Waals surface area (Å²) in [6, 6.07) is 14.6. The average Bonchev–Trinajstić information content (AvgIpc) is 2.68. The number of nitrogens with one attached hydrogen (secondary N) is 1. The molecule has 0 aliphatic rings. The molecule has 0 atom stereocenters. The summed E-state index contributed by atoms with van der Waals surface area (Å²) < 4.78 is 38.9. The highest BCUT2D eigenvalue weighted by Crippen LogP contribution is 2.37. The summed E-state index contributed by atoms with van der Waals surface area (Å²) in [6.45, 7) is 0.540. The molecule has 0 saturated heterocycles. The van der Waals surface area contributed by atoms with Crippen molar-refractivity contribution in [3.63, 3.8) is 0 Å². The van der Waals surface area contributed by atoms with Crippen molar-refractivity contribution in [3.8, 4) is 11.5 Å². The molecule has 0 radical (unpaired) electrons. The van der Waals surface area contributed by atoms with Crippen LogP contribution in [0.3, 0.4) is 0 Å². The SMILES string of the molecule is COc1cc(CNc2ccc(F)c(Cl)c2)cc(Br)c1OCc1ccccc1F. The second kappa shape index (κ2) is 9.26. The van der Waals surface area contributed by atoms with Gasteiger partial charge in [0.25, 0.3) is 0 Å². The number of anilines is 1. The molecule has 146 valence electrons. The van der Waals surface area contributed by atoms with E-state index in [4.69, 9.17) is 21.1 Å². The monoisotopic (exact) mass is 467 g/mol. The van der Waals surface area contributed by atoms with Gasteiger partial charge in [-0.2, -0.15) is 0 Å². The van der Waals surface area contributed by atoms with Crippen LogP contribution in [0.15, 0.2) is 59.1 Å². The Hall–Kier alpha value is -2.31. The molecular weight excluding hydrogens is 452 g/mol. The van der Waals surface area contributed by atoms with Gasteiger partial charge >= 0.3 is 0 Å². The van der Waals surface area contributed by atoms with E-state index >= 15 is 0 Å². The third-order valence-electron chi connectivity index (χ3n) is 4.04. The number of halogens is 4. The molecule has 0 amide bonds. The predicted molar refractivity (Wildman–Crippen MR) is 110 cm³/mol. The van der Waals surface area contributed by atoms with Crippen molar-refractivity contribution in [2.45, 2.75) is 13.2 Å². The predicted octanol–water partition coefficient (Wildman–Crippen LogP) is 6.58. The number of benzene rings is 3. The van der Waals surface area contributed by atoms with Gasteiger partial charge in [-0.3, -0.25) is 0 Å². The van der Waals surface area contributed by atoms with Gasteiger partial charge in [0.15, 0.2) is 11.5 Å². The van der Waals surface area contributed by atoms with E-state index < -0.39 is 5.82 Å². The first-order valence-electron chi connectivity index (χ1n) is 8.39. The fourth-order valence-electron chi connectivity index (χ4n) is 2.59. The minimum absolute atomic E-state index is 0.0562. The van der Waals surface area contributed by atoms with E-state index in [-0.39, 0.29) is 17.4 Å². The van der Waals surface area contributed by atoms with E-state index in [1.807, 2.05) is 12.1 Å². The Morgan fingerprint density at radius 2 is 1.82 bits per heavy atom. The first-order valence-corrected chi connectivity index (χ1v) is 9.56. The van der Waals surface area contributed by atoms with Crippen molar-refractivity contribution in [2.24, 2.45) is 0 Å². The molecule has 7 heteroatoms. The van der Waals surface area contributed by atoms with E-state index in [1.54, 1.807) is 24.3 Å². The van der Waals surface area contributed by atoms with Gasteiger partial charge < -0.3 is 14.8 Å². The number of hydrogen-bond donors (Lipinski definition) is 1. The summed E-state index contributed by atoms with van der Waals surface area (Å²) in [5.41, 5.74) is 2.05. The maximum Gasteiger partial charge on any atom is 0.175 e. The van der Waals surface area contributed by atoms with Crippen LogP contribution < -0.4 is 14.8 Å². The Balaban J connectivity index is 1.73. The zero-order valence-corrected chi connectivity index (χ0v) is 17.3. The number of rotatable bonds is 7. The summed E-state index contributed by atoms with van der Waals surface area (Å²) >= 11 is 9.28. The van der Waals surface area contributed by atoms with Crippen molar-refractivity contribution >= 4 is 33.2 Å². The van der Waals surface area contributed by atoms with E-state index in [0.29, 0.717) is 33.8 Å². The van der Waals surface area contributed by atoms with Gasteiger partial charge in [0, 0.05) is 17.8 Å². The Bertz CT molecular complexity index is 985. The molecular formula is C21H17BrClF2NO2. The molecule has 3 nitrogen and oxygen atoms in total. The zero-order chi connectivity index (χ0) is 20.1. The minimum atomic E-state index is -0.465. The Morgan fingerprint density at radius 1 is 1.04 bits per heavy atom. The summed E-state index contributed by atoms with van der Waals surface area (Å²) in [7, 11) is 1.54. The average molecular weight is 469 g/mol. The molecule has 0 saturated carbocycles. The van der Waals surface area contributed by atoms with Crippen LogP contribution in [0.2, 0.25) is 5.02 Å². The van der Waals surface area contributed by atoms with E-state index in [9.17, 15) is 8.78 Å². The van der Waals surface area contributed by atoms with Crippen LogP contribution in [-0.4, -0.2) is 7.11 Å². The third kappa shape index (κ3) is 4.94. The molecule has 3 aromatic rings. The van der Waals surface area contributed by atoms with Crippen molar-refractivity contribution in [1.82, 2.24) is 0 Å². The third-order valence-corrected chi connectivity index (χ3v) is 4.91. The Morgan fingerprint density at radius 3 is 2.54 bits per heavy atom. The maximum atomic E-state index is 13.8. The maximum absolute atomic E-state index is 13.8. The van der Waals surface area contributed by atoms with Crippen molar-refractivity contribution in [1.29, 1.82) is 0 Å². The summed E-state index contributed by atoms with van der Waals surface area (Å²) in [4.78, 5) is 0. The van der Waals surface area contributed by atoms with Gasteiger partial charge in [-0.05, 0) is 57.9 Å². The van der Waals surface area contributed by atoms with Crippen LogP contribution in [0.4, 0.5) is 14.5 Å². The molecule has 0 bridgehead atoms. The van der Waals surface area contributed by atoms with Crippen LogP contribution in [0.5, 0.6) is 11.5 Å². The quantitative estimate of drug-likeness (QED) is 0.425. The fraction of sp³-hybridized carbons (Fsp3) is 0.143. The van der Waals surface area contributed by atoms with Crippen molar-refractivity contribution in [2.75, 3.05) is 12.4 Å². The van der Waals surface area contributed by atoms with E-state index in [0.717, 1.165) is 5.56 Å². The molecule has 1 N–H and O–H groups in total. The molecule has 28 heavy (non-hydrogen) atoms. The standard InChI is InChI=1S/C21H17BrClF2NO2/c1-27-20-9-13(11-26-15-6-7-19(25)17(23)10-15)8-16(22)21(20)28-12-14-4-2-3-5-18(14)24/h2-10,26H,11-12H2,1H3. The lowest BCUT2D eigenvalue weighted by Crippen LogP contribution is -2.03. The van der Waals surface area contributed by atoms with Gasteiger partial charge in [-0.15, -0.1) is 0 Å². The Kier molecular flexibility index (Phi) is 6.75. The molecule has 0 fully saturated rings. The lowest BCUT2D eigenvalue weighted by Gasteiger charge is -2.15. The van der Waals surface area contributed by atoms with Crippen LogP contribution in [0.1, 0.15) is 11.1 Å². The van der Waals surface area contributed by atoms with Crippen LogP contribution in [0.25, 0.3) is 0 Å². The molecule has 0 aliphatic carbocycles. The highest BCUT2D eigenvalue weighted by atomic mass is 79.9. The van der Waals surface area contributed by atoms with Crippen molar-refractivity contribution in [3.05, 3.63) is 86.9 Å².